The van der Waals surface area contributed by atoms with Gasteiger partial charge in [-0.3, -0.25) is 4.79 Å². The number of aldehydes is 1. The molecule has 172 valence electrons. The molecule has 0 radical (unpaired) electrons. The molecule has 0 saturated carbocycles. The largest absolute Gasteiger partial charge is 0.481 e. The first kappa shape index (κ1) is 25.5. The first-order chi connectivity index (χ1) is 15.5. The van der Waals surface area contributed by atoms with Crippen molar-refractivity contribution in [1.82, 2.24) is 9.97 Å². The third kappa shape index (κ3) is 5.71. The van der Waals surface area contributed by atoms with Crippen molar-refractivity contribution in [2.75, 3.05) is 5.73 Å². The van der Waals surface area contributed by atoms with Gasteiger partial charge in [-0.2, -0.15) is 0 Å². The lowest BCUT2D eigenvalue weighted by molar-refractivity contribution is -0.137. The van der Waals surface area contributed by atoms with E-state index in [2.05, 4.69) is 23.1 Å². The first-order valence-electron chi connectivity index (χ1n) is 10.6. The van der Waals surface area contributed by atoms with Crippen LogP contribution in [0.5, 0.6) is 0 Å². The molecule has 0 spiro atoms. The van der Waals surface area contributed by atoms with Crippen LogP contribution in [0.25, 0.3) is 5.57 Å². The van der Waals surface area contributed by atoms with Crippen LogP contribution >= 0.6 is 0 Å². The Bertz CT molecular complexity index is 1120. The number of carboxylic acid groups (broad SMARTS) is 1. The summed E-state index contributed by atoms with van der Waals surface area (Å²) >= 11 is 0. The highest BCUT2D eigenvalue weighted by Gasteiger charge is 2.34. The molecule has 1 aromatic heterocycles. The number of allylic oxidation sites excluding steroid dienone is 6. The molecule has 2 aromatic rings. The van der Waals surface area contributed by atoms with Crippen LogP contribution in [0.2, 0.25) is 0 Å². The molecule has 0 fully saturated rings. The molecule has 6 nitrogen and oxygen atoms in total. The lowest BCUT2D eigenvalue weighted by atomic mass is 9.76. The van der Waals surface area contributed by atoms with Crippen molar-refractivity contribution < 1.29 is 14.7 Å². The Balaban J connectivity index is 2.50. The second kappa shape index (κ2) is 10.7. The smallest absolute Gasteiger partial charge is 0.303 e. The van der Waals surface area contributed by atoms with E-state index in [1.165, 1.54) is 0 Å². The SMILES string of the molecule is C=C/C=C\C(C(=C)c1nc(C)c([C@@](C)(C=O)c2ccc(CCC(=O)O)cc2)c(N)n1)=C(C)C. The third-order valence-corrected chi connectivity index (χ3v) is 5.59. The maximum Gasteiger partial charge on any atom is 0.303 e. The molecule has 2 rings (SSSR count). The summed E-state index contributed by atoms with van der Waals surface area (Å²) in [6.07, 6.45) is 6.70. The summed E-state index contributed by atoms with van der Waals surface area (Å²) in [5.41, 5.74) is 10.6. The molecule has 1 heterocycles. The summed E-state index contributed by atoms with van der Waals surface area (Å²) in [5, 5.41) is 8.88. The average Bonchev–Trinajstić information content (AvgIpc) is 2.77. The van der Waals surface area contributed by atoms with Gasteiger partial charge in [0.05, 0.1) is 5.41 Å². The molecular formula is C27H31N3O3. The molecule has 3 N–H and O–H groups in total. The molecule has 0 unspecified atom stereocenters. The lowest BCUT2D eigenvalue weighted by Gasteiger charge is -2.27. The summed E-state index contributed by atoms with van der Waals surface area (Å²) in [6, 6.07) is 7.29. The van der Waals surface area contributed by atoms with Crippen LogP contribution in [0.15, 0.2) is 66.8 Å². The number of aromatic nitrogens is 2. The van der Waals surface area contributed by atoms with Gasteiger partial charge in [-0.15, -0.1) is 0 Å². The van der Waals surface area contributed by atoms with Gasteiger partial charge in [0.2, 0.25) is 0 Å². The van der Waals surface area contributed by atoms with Crippen LogP contribution < -0.4 is 5.73 Å². The van der Waals surface area contributed by atoms with Crippen LogP contribution in [0.1, 0.15) is 55.4 Å². The Morgan fingerprint density at radius 2 is 1.85 bits per heavy atom. The van der Waals surface area contributed by atoms with E-state index in [9.17, 15) is 9.59 Å². The number of carbonyl (C=O) groups is 2. The minimum Gasteiger partial charge on any atom is -0.481 e. The van der Waals surface area contributed by atoms with Gasteiger partial charge in [-0.05, 0) is 50.8 Å². The summed E-state index contributed by atoms with van der Waals surface area (Å²) in [5.74, 6) is -0.241. The summed E-state index contributed by atoms with van der Waals surface area (Å²) in [4.78, 5) is 32.3. The molecular weight excluding hydrogens is 414 g/mol. The molecule has 0 saturated heterocycles. The molecule has 0 aliphatic carbocycles. The van der Waals surface area contributed by atoms with E-state index < -0.39 is 11.4 Å². The highest BCUT2D eigenvalue weighted by atomic mass is 16.4. The molecule has 0 aliphatic rings. The molecule has 0 aliphatic heterocycles. The Labute approximate surface area is 195 Å². The number of carboxylic acids is 1. The number of aryl methyl sites for hydroxylation is 2. The van der Waals surface area contributed by atoms with Gasteiger partial charge in [0.1, 0.15) is 12.1 Å². The number of nitrogens with zero attached hydrogens (tertiary/aromatic N) is 2. The van der Waals surface area contributed by atoms with Gasteiger partial charge in [-0.1, -0.05) is 61.2 Å². The number of benzene rings is 1. The molecule has 1 atom stereocenters. The number of nitrogen functional groups attached to an aromatic ring is 1. The number of carbonyl (C=O) groups excluding carboxylic acids is 1. The number of hydrogen-bond donors (Lipinski definition) is 2. The summed E-state index contributed by atoms with van der Waals surface area (Å²) in [7, 11) is 0. The zero-order valence-corrected chi connectivity index (χ0v) is 19.7. The van der Waals surface area contributed by atoms with Crippen molar-refractivity contribution in [2.45, 2.75) is 46.0 Å². The minimum atomic E-state index is -1.07. The Morgan fingerprint density at radius 1 is 1.21 bits per heavy atom. The quantitative estimate of drug-likeness (QED) is 0.395. The Morgan fingerprint density at radius 3 is 2.33 bits per heavy atom. The maximum absolute atomic E-state index is 12.3. The average molecular weight is 446 g/mol. The molecule has 0 amide bonds. The highest BCUT2D eigenvalue weighted by Crippen LogP contribution is 2.36. The number of hydrogen-bond acceptors (Lipinski definition) is 5. The monoisotopic (exact) mass is 445 g/mol. The van der Waals surface area contributed by atoms with E-state index >= 15 is 0 Å². The van der Waals surface area contributed by atoms with E-state index in [4.69, 9.17) is 10.8 Å². The topological polar surface area (TPSA) is 106 Å². The fraction of sp³-hybridized carbons (Fsp3) is 0.259. The van der Waals surface area contributed by atoms with E-state index in [0.29, 0.717) is 29.1 Å². The van der Waals surface area contributed by atoms with Gasteiger partial charge in [0.25, 0.3) is 0 Å². The zero-order valence-electron chi connectivity index (χ0n) is 19.7. The van der Waals surface area contributed by atoms with Gasteiger partial charge in [0.15, 0.2) is 5.82 Å². The van der Waals surface area contributed by atoms with Gasteiger partial charge in [-0.25, -0.2) is 9.97 Å². The number of anilines is 1. The van der Waals surface area contributed by atoms with E-state index in [0.717, 1.165) is 28.6 Å². The number of nitrogens with two attached hydrogens (primary N) is 1. The fourth-order valence-corrected chi connectivity index (χ4v) is 3.77. The summed E-state index contributed by atoms with van der Waals surface area (Å²) < 4.78 is 0. The summed E-state index contributed by atoms with van der Waals surface area (Å²) in [6.45, 7) is 15.4. The third-order valence-electron chi connectivity index (χ3n) is 5.59. The Hall–Kier alpha value is -3.80. The van der Waals surface area contributed by atoms with Gasteiger partial charge in [0, 0.05) is 23.3 Å². The fourth-order valence-electron chi connectivity index (χ4n) is 3.77. The zero-order chi connectivity index (χ0) is 24.8. The Kier molecular flexibility index (Phi) is 8.24. The molecule has 6 heteroatoms. The second-order valence-electron chi connectivity index (χ2n) is 8.29. The number of rotatable bonds is 10. The predicted molar refractivity (Wildman–Crippen MR) is 133 cm³/mol. The molecule has 0 bridgehead atoms. The minimum absolute atomic E-state index is 0.0468. The predicted octanol–water partition coefficient (Wildman–Crippen LogP) is 4.98. The van der Waals surface area contributed by atoms with Crippen LogP contribution in [0, 0.1) is 6.92 Å². The maximum atomic E-state index is 12.3. The number of aliphatic carboxylic acids is 1. The standard InChI is InChI=1S/C27H31N3O3/c1-7-8-9-22(17(2)3)18(4)26-29-19(5)24(25(28)30-26)27(6,16-31)21-13-10-20(11-14-21)12-15-23(32)33/h7-11,13-14,16H,1,4,12,15H2,2-3,5-6H3,(H,32,33)(H2,28,29,30)/b9-8-/t27-/m0/s1. The lowest BCUT2D eigenvalue weighted by Crippen LogP contribution is -2.29. The van der Waals surface area contributed by atoms with Crippen LogP contribution in [-0.2, 0) is 21.4 Å². The van der Waals surface area contributed by atoms with Crippen LogP contribution in [-0.4, -0.2) is 27.3 Å². The van der Waals surface area contributed by atoms with Crippen molar-refractivity contribution >= 4 is 23.6 Å². The van der Waals surface area contributed by atoms with Crippen molar-refractivity contribution in [3.63, 3.8) is 0 Å². The van der Waals surface area contributed by atoms with E-state index in [1.54, 1.807) is 19.9 Å². The van der Waals surface area contributed by atoms with Crippen molar-refractivity contribution in [1.29, 1.82) is 0 Å². The normalized spacial score (nSPS) is 12.7. The molecule has 1 aromatic carbocycles. The van der Waals surface area contributed by atoms with E-state index in [1.807, 2.05) is 50.3 Å². The van der Waals surface area contributed by atoms with Crippen molar-refractivity contribution in [2.24, 2.45) is 0 Å². The first-order valence-corrected chi connectivity index (χ1v) is 10.6. The van der Waals surface area contributed by atoms with Gasteiger partial charge < -0.3 is 15.6 Å². The van der Waals surface area contributed by atoms with Gasteiger partial charge >= 0.3 is 5.97 Å². The second-order valence-corrected chi connectivity index (χ2v) is 8.29. The highest BCUT2D eigenvalue weighted by molar-refractivity contribution is 5.81. The van der Waals surface area contributed by atoms with Crippen LogP contribution in [0.4, 0.5) is 5.82 Å². The molecule has 33 heavy (non-hydrogen) atoms. The van der Waals surface area contributed by atoms with Crippen molar-refractivity contribution in [3.05, 3.63) is 95.0 Å². The van der Waals surface area contributed by atoms with E-state index in [-0.39, 0.29) is 12.2 Å². The van der Waals surface area contributed by atoms with Crippen LogP contribution in [0.3, 0.4) is 0 Å². The van der Waals surface area contributed by atoms with Crippen molar-refractivity contribution in [3.8, 4) is 0 Å².